The van der Waals surface area contributed by atoms with E-state index >= 15 is 0 Å². The van der Waals surface area contributed by atoms with Crippen molar-refractivity contribution in [3.63, 3.8) is 0 Å². The molecule has 1 aromatic heterocycles. The van der Waals surface area contributed by atoms with Crippen molar-refractivity contribution in [2.45, 2.75) is 39.0 Å². The molecule has 0 aliphatic carbocycles. The Labute approximate surface area is 221 Å². The van der Waals surface area contributed by atoms with Crippen molar-refractivity contribution < 1.29 is 23.1 Å². The average Bonchev–Trinajstić information content (AvgIpc) is 3.43. The zero-order valence-corrected chi connectivity index (χ0v) is 21.2. The topological polar surface area (TPSA) is 71.8 Å². The first-order valence-corrected chi connectivity index (χ1v) is 12.7. The molecule has 0 spiro atoms. The number of amides is 2. The second-order valence-corrected chi connectivity index (χ2v) is 9.23. The second-order valence-electron chi connectivity index (χ2n) is 9.23. The van der Waals surface area contributed by atoms with Crippen molar-refractivity contribution in [1.29, 1.82) is 0 Å². The molecule has 6 nitrogen and oxygen atoms in total. The summed E-state index contributed by atoms with van der Waals surface area (Å²) in [6.07, 6.45) is 1.09. The Morgan fingerprint density at radius 3 is 2.66 bits per heavy atom. The van der Waals surface area contributed by atoms with Gasteiger partial charge in [0.15, 0.2) is 5.76 Å². The molecule has 38 heavy (non-hydrogen) atoms. The molecule has 0 unspecified atom stereocenters. The predicted octanol–water partition coefficient (Wildman–Crippen LogP) is 5.81. The van der Waals surface area contributed by atoms with Gasteiger partial charge < -0.3 is 19.4 Å². The van der Waals surface area contributed by atoms with Crippen molar-refractivity contribution in [1.82, 2.24) is 10.2 Å². The van der Waals surface area contributed by atoms with Gasteiger partial charge in [-0.2, -0.15) is 0 Å². The summed E-state index contributed by atoms with van der Waals surface area (Å²) in [7, 11) is 0. The minimum absolute atomic E-state index is 0.0184. The highest BCUT2D eigenvalue weighted by molar-refractivity contribution is 5.91. The van der Waals surface area contributed by atoms with Gasteiger partial charge in [0.25, 0.3) is 5.91 Å². The van der Waals surface area contributed by atoms with Gasteiger partial charge in [-0.05, 0) is 65.1 Å². The predicted molar refractivity (Wildman–Crippen MR) is 141 cm³/mol. The molecule has 3 aromatic carbocycles. The number of nitrogens with one attached hydrogen (secondary N) is 1. The molecule has 1 N–H and O–H groups in total. The van der Waals surface area contributed by atoms with Crippen LogP contribution in [0.25, 0.3) is 0 Å². The van der Waals surface area contributed by atoms with Crippen LogP contribution in [0.2, 0.25) is 0 Å². The number of rotatable bonds is 8. The van der Waals surface area contributed by atoms with Gasteiger partial charge in [-0.15, -0.1) is 0 Å². The van der Waals surface area contributed by atoms with E-state index < -0.39 is 6.04 Å². The third kappa shape index (κ3) is 5.62. The standard InChI is InChI=1S/C31H29FN2O4/c1-2-29(35)34-16-15-22-11-12-25(18-27(22)30(34)23-9-6-10-24(32)17-23)37-20-26-13-14-28(38-26)31(36)33-19-21-7-4-3-5-8-21/h3-14,17-18,30H,2,15-16,19-20H2,1H3,(H,33,36)/t30-/m0/s1. The fourth-order valence-corrected chi connectivity index (χ4v) is 4.79. The lowest BCUT2D eigenvalue weighted by Gasteiger charge is -2.38. The molecule has 1 atom stereocenters. The van der Waals surface area contributed by atoms with E-state index in [1.165, 1.54) is 12.1 Å². The summed E-state index contributed by atoms with van der Waals surface area (Å²) in [4.78, 5) is 27.1. The molecule has 0 saturated carbocycles. The fourth-order valence-electron chi connectivity index (χ4n) is 4.79. The summed E-state index contributed by atoms with van der Waals surface area (Å²) in [5.41, 5.74) is 3.74. The van der Waals surface area contributed by atoms with E-state index in [4.69, 9.17) is 9.15 Å². The van der Waals surface area contributed by atoms with E-state index in [1.54, 1.807) is 18.2 Å². The van der Waals surface area contributed by atoms with Crippen LogP contribution in [-0.4, -0.2) is 23.3 Å². The van der Waals surface area contributed by atoms with Gasteiger partial charge in [0.05, 0.1) is 6.04 Å². The molecule has 0 fully saturated rings. The van der Waals surface area contributed by atoms with E-state index in [2.05, 4.69) is 5.32 Å². The van der Waals surface area contributed by atoms with Crippen LogP contribution in [-0.2, 0) is 24.4 Å². The lowest BCUT2D eigenvalue weighted by molar-refractivity contribution is -0.132. The quantitative estimate of drug-likeness (QED) is 0.323. The molecule has 2 heterocycles. The van der Waals surface area contributed by atoms with Crippen LogP contribution in [0.15, 0.2) is 89.3 Å². The number of furan rings is 1. The minimum Gasteiger partial charge on any atom is -0.486 e. The smallest absolute Gasteiger partial charge is 0.287 e. The molecule has 0 saturated heterocycles. The highest BCUT2D eigenvalue weighted by atomic mass is 19.1. The summed E-state index contributed by atoms with van der Waals surface area (Å²) in [5.74, 6) is 0.703. The first kappa shape index (κ1) is 25.3. The number of carbonyl (C=O) groups is 2. The Balaban J connectivity index is 1.30. The molecule has 5 rings (SSSR count). The molecule has 7 heteroatoms. The van der Waals surface area contributed by atoms with E-state index in [-0.39, 0.29) is 30.0 Å². The Bertz CT molecular complexity index is 1430. The van der Waals surface area contributed by atoms with Crippen LogP contribution in [0.3, 0.4) is 0 Å². The van der Waals surface area contributed by atoms with E-state index in [0.717, 1.165) is 22.3 Å². The highest BCUT2D eigenvalue weighted by Crippen LogP contribution is 2.38. The van der Waals surface area contributed by atoms with Gasteiger partial charge in [-0.1, -0.05) is 55.5 Å². The zero-order chi connectivity index (χ0) is 26.5. The number of hydrogen-bond acceptors (Lipinski definition) is 4. The number of nitrogens with zero attached hydrogens (tertiary/aromatic N) is 1. The monoisotopic (exact) mass is 512 g/mol. The SMILES string of the molecule is CCC(=O)N1CCc2ccc(OCc3ccc(C(=O)NCc4ccccc4)o3)cc2[C@@H]1c1cccc(F)c1. The van der Waals surface area contributed by atoms with Crippen molar-refractivity contribution >= 4 is 11.8 Å². The number of fused-ring (bicyclic) bond motifs is 1. The maximum atomic E-state index is 14.1. The van der Waals surface area contributed by atoms with Crippen LogP contribution < -0.4 is 10.1 Å². The first-order chi connectivity index (χ1) is 18.5. The number of halogens is 1. The maximum Gasteiger partial charge on any atom is 0.287 e. The normalized spacial score (nSPS) is 14.6. The molecular weight excluding hydrogens is 483 g/mol. The molecule has 0 radical (unpaired) electrons. The van der Waals surface area contributed by atoms with E-state index in [1.807, 2.05) is 66.4 Å². The lowest BCUT2D eigenvalue weighted by Crippen LogP contribution is -2.40. The first-order valence-electron chi connectivity index (χ1n) is 12.7. The second kappa shape index (κ2) is 11.3. The number of benzene rings is 3. The summed E-state index contributed by atoms with van der Waals surface area (Å²) < 4.78 is 25.8. The summed E-state index contributed by atoms with van der Waals surface area (Å²) >= 11 is 0. The fraction of sp³-hybridized carbons (Fsp3) is 0.226. The van der Waals surface area contributed by atoms with Gasteiger partial charge in [0, 0.05) is 19.5 Å². The molecule has 0 bridgehead atoms. The van der Waals surface area contributed by atoms with Crippen LogP contribution in [0.1, 0.15) is 58.0 Å². The van der Waals surface area contributed by atoms with Gasteiger partial charge in [-0.3, -0.25) is 9.59 Å². The third-order valence-corrected chi connectivity index (χ3v) is 6.70. The highest BCUT2D eigenvalue weighted by Gasteiger charge is 2.32. The third-order valence-electron chi connectivity index (χ3n) is 6.70. The lowest BCUT2D eigenvalue weighted by atomic mass is 9.87. The van der Waals surface area contributed by atoms with Crippen LogP contribution >= 0.6 is 0 Å². The van der Waals surface area contributed by atoms with Crippen LogP contribution in [0, 0.1) is 5.82 Å². The minimum atomic E-state index is -0.394. The molecule has 4 aromatic rings. The Morgan fingerprint density at radius 2 is 1.87 bits per heavy atom. The van der Waals surface area contributed by atoms with Crippen molar-refractivity contribution in [3.05, 3.63) is 125 Å². The summed E-state index contributed by atoms with van der Waals surface area (Å²) in [5, 5.41) is 2.85. The van der Waals surface area contributed by atoms with E-state index in [9.17, 15) is 14.0 Å². The molecule has 194 valence electrons. The zero-order valence-electron chi connectivity index (χ0n) is 21.2. The van der Waals surface area contributed by atoms with Crippen molar-refractivity contribution in [3.8, 4) is 5.75 Å². The van der Waals surface area contributed by atoms with Crippen molar-refractivity contribution in [2.75, 3.05) is 6.54 Å². The van der Waals surface area contributed by atoms with Gasteiger partial charge in [0.1, 0.15) is 23.9 Å². The van der Waals surface area contributed by atoms with Crippen molar-refractivity contribution in [2.24, 2.45) is 0 Å². The Kier molecular flexibility index (Phi) is 7.54. The Hall–Kier alpha value is -4.39. The summed E-state index contributed by atoms with van der Waals surface area (Å²) in [6, 6.07) is 24.8. The largest absolute Gasteiger partial charge is 0.486 e. The molecule has 1 aliphatic heterocycles. The molecule has 1 aliphatic rings. The number of carbonyl (C=O) groups excluding carboxylic acids is 2. The number of hydrogen-bond donors (Lipinski definition) is 1. The number of ether oxygens (including phenoxy) is 1. The van der Waals surface area contributed by atoms with Gasteiger partial charge in [-0.25, -0.2) is 4.39 Å². The maximum absolute atomic E-state index is 14.1. The van der Waals surface area contributed by atoms with E-state index in [0.29, 0.717) is 37.4 Å². The van der Waals surface area contributed by atoms with Gasteiger partial charge in [0.2, 0.25) is 5.91 Å². The molecular formula is C31H29FN2O4. The van der Waals surface area contributed by atoms with Crippen LogP contribution in [0.5, 0.6) is 5.75 Å². The Morgan fingerprint density at radius 1 is 1.03 bits per heavy atom. The van der Waals surface area contributed by atoms with Crippen LogP contribution in [0.4, 0.5) is 4.39 Å². The van der Waals surface area contributed by atoms with Gasteiger partial charge >= 0.3 is 0 Å². The molecule has 2 amide bonds. The average molecular weight is 513 g/mol. The summed E-state index contributed by atoms with van der Waals surface area (Å²) in [6.45, 7) is 2.94.